The van der Waals surface area contributed by atoms with Crippen LogP contribution in [0.1, 0.15) is 34.1 Å². The van der Waals surface area contributed by atoms with Crippen LogP contribution in [-0.4, -0.2) is 21.7 Å². The van der Waals surface area contributed by atoms with E-state index in [1.54, 1.807) is 18.5 Å². The number of nitrogens with one attached hydrogen (secondary N) is 1. The Morgan fingerprint density at radius 1 is 1.03 bits per heavy atom. The maximum absolute atomic E-state index is 12.3. The number of carbonyl (C=O) groups is 1. The van der Waals surface area contributed by atoms with Crippen LogP contribution in [-0.2, 0) is 13.0 Å². The molecule has 5 nitrogen and oxygen atoms in total. The van der Waals surface area contributed by atoms with E-state index in [0.717, 1.165) is 35.0 Å². The first-order valence-corrected chi connectivity index (χ1v) is 9.64. The van der Waals surface area contributed by atoms with Gasteiger partial charge in [0.25, 0.3) is 5.91 Å². The fraction of sp³-hybridized carbons (Fsp3) is 0.125. The number of hydrazone groups is 1. The summed E-state index contributed by atoms with van der Waals surface area (Å²) in [6, 6.07) is 22.1. The lowest BCUT2D eigenvalue weighted by atomic mass is 10.2. The van der Waals surface area contributed by atoms with Crippen molar-refractivity contribution in [2.45, 2.75) is 19.9 Å². The average molecular weight is 382 g/mol. The Hall–Kier alpha value is -3.73. The summed E-state index contributed by atoms with van der Waals surface area (Å²) in [5.74, 6) is -0.322. The molecule has 0 aliphatic carbocycles. The van der Waals surface area contributed by atoms with E-state index in [1.165, 1.54) is 5.56 Å². The second-order valence-electron chi connectivity index (χ2n) is 6.82. The molecule has 2 heterocycles. The summed E-state index contributed by atoms with van der Waals surface area (Å²) in [6.45, 7) is 2.82. The SMILES string of the molecule is CCc1ccc(C(=O)N/N=C\c2cn(Cc3ccccc3)c3ccccc23)nc1. The van der Waals surface area contributed by atoms with Crippen molar-refractivity contribution in [3.8, 4) is 0 Å². The molecule has 0 spiro atoms. The Morgan fingerprint density at radius 2 is 1.83 bits per heavy atom. The third kappa shape index (κ3) is 4.24. The van der Waals surface area contributed by atoms with E-state index < -0.39 is 0 Å². The topological polar surface area (TPSA) is 59.3 Å². The predicted octanol–water partition coefficient (Wildman–Crippen LogP) is 4.41. The molecule has 0 saturated heterocycles. The Balaban J connectivity index is 1.53. The number of rotatable bonds is 6. The summed E-state index contributed by atoms with van der Waals surface area (Å²) in [5.41, 5.74) is 7.32. The molecular formula is C24H22N4O. The number of hydrogen-bond donors (Lipinski definition) is 1. The molecule has 4 rings (SSSR count). The van der Waals surface area contributed by atoms with Crippen LogP contribution in [0.3, 0.4) is 0 Å². The Morgan fingerprint density at radius 3 is 2.59 bits per heavy atom. The Labute approximate surface area is 169 Å². The number of hydrogen-bond acceptors (Lipinski definition) is 3. The standard InChI is InChI=1S/C24H22N4O/c1-2-18-12-13-22(25-14-18)24(29)27-26-15-20-17-28(16-19-8-4-3-5-9-19)23-11-7-6-10-21(20)23/h3-15,17H,2,16H2,1H3,(H,27,29)/b26-15-. The van der Waals surface area contributed by atoms with Crippen LogP contribution in [0.5, 0.6) is 0 Å². The zero-order valence-electron chi connectivity index (χ0n) is 16.2. The van der Waals surface area contributed by atoms with Gasteiger partial charge in [-0.3, -0.25) is 9.78 Å². The van der Waals surface area contributed by atoms with Gasteiger partial charge in [-0.1, -0.05) is 61.5 Å². The highest BCUT2D eigenvalue weighted by molar-refractivity contribution is 6.00. The number of nitrogens with zero attached hydrogens (tertiary/aromatic N) is 3. The molecule has 2 aromatic carbocycles. The van der Waals surface area contributed by atoms with Crippen LogP contribution in [0.4, 0.5) is 0 Å². The van der Waals surface area contributed by atoms with Crippen LogP contribution in [0.25, 0.3) is 10.9 Å². The number of fused-ring (bicyclic) bond motifs is 1. The lowest BCUT2D eigenvalue weighted by molar-refractivity contribution is 0.0950. The van der Waals surface area contributed by atoms with E-state index in [4.69, 9.17) is 0 Å². The number of aryl methyl sites for hydroxylation is 1. The molecule has 0 atom stereocenters. The molecule has 1 N–H and O–H groups in total. The number of benzene rings is 2. The van der Waals surface area contributed by atoms with Gasteiger partial charge in [0.2, 0.25) is 0 Å². The minimum absolute atomic E-state index is 0.322. The number of aromatic nitrogens is 2. The molecule has 0 bridgehead atoms. The lowest BCUT2D eigenvalue weighted by Crippen LogP contribution is -2.18. The van der Waals surface area contributed by atoms with E-state index in [-0.39, 0.29) is 5.91 Å². The molecule has 5 heteroatoms. The van der Waals surface area contributed by atoms with Gasteiger partial charge in [0.05, 0.1) is 6.21 Å². The third-order valence-corrected chi connectivity index (χ3v) is 4.85. The smallest absolute Gasteiger partial charge is 0.289 e. The third-order valence-electron chi connectivity index (χ3n) is 4.85. The quantitative estimate of drug-likeness (QED) is 0.397. The average Bonchev–Trinajstić information content (AvgIpc) is 3.12. The number of para-hydroxylation sites is 1. The molecule has 29 heavy (non-hydrogen) atoms. The minimum Gasteiger partial charge on any atom is -0.342 e. The van der Waals surface area contributed by atoms with Gasteiger partial charge in [0, 0.05) is 35.4 Å². The maximum atomic E-state index is 12.3. The fourth-order valence-corrected chi connectivity index (χ4v) is 3.27. The summed E-state index contributed by atoms with van der Waals surface area (Å²) < 4.78 is 2.19. The molecule has 0 unspecified atom stereocenters. The molecule has 0 saturated carbocycles. The van der Waals surface area contributed by atoms with Crippen molar-refractivity contribution in [2.24, 2.45) is 5.10 Å². The summed E-state index contributed by atoms with van der Waals surface area (Å²) in [5, 5.41) is 5.24. The van der Waals surface area contributed by atoms with Gasteiger partial charge in [0.1, 0.15) is 5.69 Å². The van der Waals surface area contributed by atoms with Crippen LogP contribution in [0.2, 0.25) is 0 Å². The second kappa shape index (κ2) is 8.52. The first kappa shape index (κ1) is 18.6. The molecule has 144 valence electrons. The summed E-state index contributed by atoms with van der Waals surface area (Å²) in [4.78, 5) is 16.4. The van der Waals surface area contributed by atoms with E-state index >= 15 is 0 Å². The van der Waals surface area contributed by atoms with Crippen molar-refractivity contribution >= 4 is 23.0 Å². The Bertz CT molecular complexity index is 1140. The van der Waals surface area contributed by atoms with Gasteiger partial charge < -0.3 is 4.57 Å². The molecular weight excluding hydrogens is 360 g/mol. The maximum Gasteiger partial charge on any atom is 0.289 e. The van der Waals surface area contributed by atoms with Crippen LogP contribution < -0.4 is 5.43 Å². The van der Waals surface area contributed by atoms with Crippen LogP contribution in [0.15, 0.2) is 84.2 Å². The van der Waals surface area contributed by atoms with Crippen molar-refractivity contribution in [3.63, 3.8) is 0 Å². The zero-order chi connectivity index (χ0) is 20.1. The van der Waals surface area contributed by atoms with E-state index in [9.17, 15) is 4.79 Å². The summed E-state index contributed by atoms with van der Waals surface area (Å²) in [7, 11) is 0. The number of carbonyl (C=O) groups excluding carboxylic acids is 1. The highest BCUT2D eigenvalue weighted by atomic mass is 16.2. The van der Waals surface area contributed by atoms with Crippen molar-refractivity contribution in [1.82, 2.24) is 15.0 Å². The first-order chi connectivity index (χ1) is 14.2. The van der Waals surface area contributed by atoms with Crippen LogP contribution >= 0.6 is 0 Å². The predicted molar refractivity (Wildman–Crippen MR) is 116 cm³/mol. The molecule has 0 fully saturated rings. The lowest BCUT2D eigenvalue weighted by Gasteiger charge is -2.05. The van der Waals surface area contributed by atoms with E-state index in [0.29, 0.717) is 5.69 Å². The molecule has 0 aliphatic heterocycles. The highest BCUT2D eigenvalue weighted by Gasteiger charge is 2.08. The first-order valence-electron chi connectivity index (χ1n) is 9.64. The molecule has 4 aromatic rings. The van der Waals surface area contributed by atoms with Crippen molar-refractivity contribution in [2.75, 3.05) is 0 Å². The Kier molecular flexibility index (Phi) is 5.47. The van der Waals surface area contributed by atoms with Gasteiger partial charge in [0.15, 0.2) is 0 Å². The molecule has 1 amide bonds. The number of amides is 1. The van der Waals surface area contributed by atoms with E-state index in [2.05, 4.69) is 57.5 Å². The van der Waals surface area contributed by atoms with Crippen molar-refractivity contribution < 1.29 is 4.79 Å². The largest absolute Gasteiger partial charge is 0.342 e. The zero-order valence-corrected chi connectivity index (χ0v) is 16.2. The normalized spacial score (nSPS) is 11.2. The van der Waals surface area contributed by atoms with Gasteiger partial charge in [-0.05, 0) is 29.7 Å². The van der Waals surface area contributed by atoms with Gasteiger partial charge >= 0.3 is 0 Å². The minimum atomic E-state index is -0.322. The molecule has 0 radical (unpaired) electrons. The van der Waals surface area contributed by atoms with Crippen molar-refractivity contribution in [1.29, 1.82) is 0 Å². The monoisotopic (exact) mass is 382 g/mol. The molecule has 2 aromatic heterocycles. The second-order valence-corrected chi connectivity index (χ2v) is 6.82. The van der Waals surface area contributed by atoms with Crippen LogP contribution in [0, 0.1) is 0 Å². The summed E-state index contributed by atoms with van der Waals surface area (Å²) >= 11 is 0. The fourth-order valence-electron chi connectivity index (χ4n) is 3.27. The van der Waals surface area contributed by atoms with E-state index in [1.807, 2.05) is 36.4 Å². The van der Waals surface area contributed by atoms with Gasteiger partial charge in [-0.25, -0.2) is 5.43 Å². The van der Waals surface area contributed by atoms with Gasteiger partial charge in [-0.2, -0.15) is 5.10 Å². The molecule has 0 aliphatic rings. The number of pyridine rings is 1. The van der Waals surface area contributed by atoms with Gasteiger partial charge in [-0.15, -0.1) is 0 Å². The highest BCUT2D eigenvalue weighted by Crippen LogP contribution is 2.21. The van der Waals surface area contributed by atoms with Crippen molar-refractivity contribution in [3.05, 3.63) is 102 Å². The summed E-state index contributed by atoms with van der Waals surface area (Å²) in [6.07, 6.45) is 6.35.